The summed E-state index contributed by atoms with van der Waals surface area (Å²) in [4.78, 5) is 37.2. The molecule has 8 rings (SSSR count). The SMILES string of the molecule is C=CC(=O)N1CCCC1c1nnc(N2CC(C3CN(c4ccnc(C(F)(F)F)c4)CCS3(=O)=O)C2C)c2cnc(Nc3ccnc(N4CC[C@@H](OC)[C@@H](F)C4)n3)cc12. The van der Waals surface area contributed by atoms with E-state index in [1.165, 1.54) is 19.3 Å². The first-order chi connectivity index (χ1) is 27.7. The average molecular weight is 826 g/mol. The number of carbonyl (C=O) groups excluding carboxylic acids is 1. The molecule has 4 aromatic heterocycles. The lowest BCUT2D eigenvalue weighted by Gasteiger charge is -2.52. The summed E-state index contributed by atoms with van der Waals surface area (Å²) in [7, 11) is -2.08. The van der Waals surface area contributed by atoms with Crippen molar-refractivity contribution in [2.45, 2.75) is 62.0 Å². The third kappa shape index (κ3) is 7.46. The van der Waals surface area contributed by atoms with Crippen molar-refractivity contribution in [3.05, 3.63) is 66.9 Å². The molecule has 0 saturated carbocycles. The predicted molar refractivity (Wildman–Crippen MR) is 208 cm³/mol. The van der Waals surface area contributed by atoms with Crippen LogP contribution in [0, 0.1) is 5.92 Å². The molecule has 4 fully saturated rings. The molecule has 4 unspecified atom stereocenters. The number of rotatable bonds is 9. The highest BCUT2D eigenvalue weighted by atomic mass is 32.2. The molecule has 0 radical (unpaired) electrons. The second kappa shape index (κ2) is 15.5. The number of nitrogens with one attached hydrogen (secondary N) is 1. The topological polar surface area (TPSA) is 163 Å². The Labute approximate surface area is 332 Å². The number of likely N-dealkylation sites (tertiary alicyclic amines) is 1. The number of carbonyl (C=O) groups is 1. The van der Waals surface area contributed by atoms with Crippen molar-refractivity contribution in [3.63, 3.8) is 0 Å². The number of nitrogens with zero attached hydrogens (tertiary/aromatic N) is 10. The standard InChI is InChI=1S/C38H43F4N11O4S/c1-4-34(54)52-12-5-6-28(52)35-24-17-33(46-32-8-11-44-37(47-32)51-13-9-29(57-3)27(39)20-51)45-18-25(24)36(49-48-35)53-19-26(22(53)2)30-21-50(14-15-58(30,55)56)23-7-10-43-31(16-23)38(40,41)42/h4,7-8,10-11,16-18,22,26-30H,1,5-6,9,12-15,19-21H2,2-3H3,(H,44,45,46,47)/t22?,26?,27-,28?,29+,30?/m0/s1. The van der Waals surface area contributed by atoms with Crippen LogP contribution in [-0.2, 0) is 25.5 Å². The van der Waals surface area contributed by atoms with Gasteiger partial charge in [0.1, 0.15) is 23.5 Å². The summed E-state index contributed by atoms with van der Waals surface area (Å²) >= 11 is 0. The first kappa shape index (κ1) is 39.6. The molecule has 8 heterocycles. The van der Waals surface area contributed by atoms with E-state index in [-0.39, 0.29) is 55.0 Å². The number of hydrogen-bond donors (Lipinski definition) is 1. The summed E-state index contributed by atoms with van der Waals surface area (Å²) in [6.45, 7) is 7.13. The summed E-state index contributed by atoms with van der Waals surface area (Å²) in [5.41, 5.74) is -0.200. The number of piperidine rings is 1. The Morgan fingerprint density at radius 3 is 2.53 bits per heavy atom. The molecule has 6 atom stereocenters. The summed E-state index contributed by atoms with van der Waals surface area (Å²) in [6, 6.07) is 5.20. The van der Waals surface area contributed by atoms with Crippen molar-refractivity contribution in [2.75, 3.05) is 72.1 Å². The molecular weight excluding hydrogens is 783 g/mol. The minimum absolute atomic E-state index is 0.0356. The van der Waals surface area contributed by atoms with E-state index in [1.54, 1.807) is 33.2 Å². The number of anilines is 5. The van der Waals surface area contributed by atoms with Gasteiger partial charge < -0.3 is 29.7 Å². The molecule has 4 aliphatic rings. The van der Waals surface area contributed by atoms with Crippen LogP contribution in [0.25, 0.3) is 10.8 Å². The van der Waals surface area contributed by atoms with E-state index >= 15 is 0 Å². The summed E-state index contributed by atoms with van der Waals surface area (Å²) in [5.74, 6) is 0.925. The van der Waals surface area contributed by atoms with Crippen LogP contribution in [0.5, 0.6) is 0 Å². The quantitative estimate of drug-likeness (QED) is 0.185. The van der Waals surface area contributed by atoms with Gasteiger partial charge in [-0.15, -0.1) is 5.10 Å². The predicted octanol–water partition coefficient (Wildman–Crippen LogP) is 4.51. The van der Waals surface area contributed by atoms with Crippen molar-refractivity contribution < 1.29 is 35.5 Å². The van der Waals surface area contributed by atoms with Gasteiger partial charge in [-0.05, 0) is 56.5 Å². The van der Waals surface area contributed by atoms with Crippen molar-refractivity contribution in [1.82, 2.24) is 35.0 Å². The molecule has 4 saturated heterocycles. The van der Waals surface area contributed by atoms with E-state index in [9.17, 15) is 30.8 Å². The minimum Gasteiger partial charge on any atom is -0.378 e. The van der Waals surface area contributed by atoms with Crippen molar-refractivity contribution in [3.8, 4) is 0 Å². The van der Waals surface area contributed by atoms with Crippen LogP contribution in [0.3, 0.4) is 0 Å². The van der Waals surface area contributed by atoms with Gasteiger partial charge in [-0.3, -0.25) is 9.78 Å². The van der Waals surface area contributed by atoms with Crippen LogP contribution in [-0.4, -0.2) is 125 Å². The van der Waals surface area contributed by atoms with Crippen molar-refractivity contribution >= 4 is 55.6 Å². The number of pyridine rings is 2. The maximum atomic E-state index is 14.7. The van der Waals surface area contributed by atoms with E-state index in [1.807, 2.05) is 17.9 Å². The third-order valence-corrected chi connectivity index (χ3v) is 14.0. The number of methoxy groups -OCH3 is 1. The number of fused-ring (bicyclic) bond motifs is 1. The molecule has 0 bridgehead atoms. The zero-order valence-corrected chi connectivity index (χ0v) is 32.7. The minimum atomic E-state index is -4.63. The number of hydrogen-bond acceptors (Lipinski definition) is 14. The summed E-state index contributed by atoms with van der Waals surface area (Å²) in [6.07, 6.45) is 1.20. The molecule has 4 aliphatic heterocycles. The van der Waals surface area contributed by atoms with Crippen LogP contribution in [0.1, 0.15) is 43.6 Å². The Morgan fingerprint density at radius 1 is 0.983 bits per heavy atom. The van der Waals surface area contributed by atoms with Crippen LogP contribution in [0.15, 0.2) is 55.5 Å². The van der Waals surface area contributed by atoms with Gasteiger partial charge in [-0.25, -0.2) is 22.8 Å². The van der Waals surface area contributed by atoms with Gasteiger partial charge in [0.15, 0.2) is 15.7 Å². The van der Waals surface area contributed by atoms with Gasteiger partial charge in [0, 0.05) is 86.8 Å². The summed E-state index contributed by atoms with van der Waals surface area (Å²) < 4.78 is 87.4. The Kier molecular flexibility index (Phi) is 10.6. The highest BCUT2D eigenvalue weighted by Crippen LogP contribution is 2.42. The zero-order chi connectivity index (χ0) is 40.9. The van der Waals surface area contributed by atoms with Crippen molar-refractivity contribution in [1.29, 1.82) is 0 Å². The fourth-order valence-corrected chi connectivity index (χ4v) is 10.6. The highest BCUT2D eigenvalue weighted by Gasteiger charge is 2.49. The number of halogens is 4. The molecule has 20 heteroatoms. The highest BCUT2D eigenvalue weighted by molar-refractivity contribution is 7.92. The normalized spacial score (nSPS) is 26.1. The number of amides is 1. The van der Waals surface area contributed by atoms with Gasteiger partial charge in [-0.2, -0.15) is 23.3 Å². The summed E-state index contributed by atoms with van der Waals surface area (Å²) in [5, 5.41) is 13.1. The molecule has 4 aromatic rings. The molecule has 1 amide bonds. The maximum Gasteiger partial charge on any atom is 0.433 e. The Balaban J connectivity index is 1.08. The van der Waals surface area contributed by atoms with Gasteiger partial charge in [0.25, 0.3) is 0 Å². The molecule has 58 heavy (non-hydrogen) atoms. The Hall–Kier alpha value is -5.24. The second-order valence-corrected chi connectivity index (χ2v) is 17.5. The van der Waals surface area contributed by atoms with E-state index in [4.69, 9.17) is 14.8 Å². The van der Waals surface area contributed by atoms with Gasteiger partial charge in [0.05, 0.1) is 35.4 Å². The lowest BCUT2D eigenvalue weighted by atomic mass is 9.85. The Morgan fingerprint density at radius 2 is 1.79 bits per heavy atom. The van der Waals surface area contributed by atoms with Crippen LogP contribution < -0.4 is 20.0 Å². The van der Waals surface area contributed by atoms with Gasteiger partial charge in [0.2, 0.25) is 11.9 Å². The van der Waals surface area contributed by atoms with Crippen LogP contribution in [0.4, 0.5) is 46.7 Å². The van der Waals surface area contributed by atoms with E-state index in [0.717, 1.165) is 18.7 Å². The lowest BCUT2D eigenvalue weighted by Crippen LogP contribution is -2.64. The molecule has 308 valence electrons. The molecule has 0 aliphatic carbocycles. The third-order valence-electron chi connectivity index (χ3n) is 11.8. The molecule has 15 nitrogen and oxygen atoms in total. The number of sulfone groups is 1. The van der Waals surface area contributed by atoms with Gasteiger partial charge in [-0.1, -0.05) is 6.58 Å². The molecule has 0 aromatic carbocycles. The number of aromatic nitrogens is 6. The van der Waals surface area contributed by atoms with E-state index in [2.05, 4.69) is 31.9 Å². The largest absolute Gasteiger partial charge is 0.433 e. The monoisotopic (exact) mass is 825 g/mol. The maximum absolute atomic E-state index is 14.7. The van der Waals surface area contributed by atoms with E-state index in [0.29, 0.717) is 72.3 Å². The fraction of sp³-hybridized carbons (Fsp3) is 0.500. The first-order valence-electron chi connectivity index (χ1n) is 19.1. The smallest absolute Gasteiger partial charge is 0.378 e. The molecular formula is C38H43F4N11O4S. The Bertz CT molecular complexity index is 2320. The average Bonchev–Trinajstić information content (AvgIpc) is 3.70. The second-order valence-electron chi connectivity index (χ2n) is 15.1. The fourth-order valence-electron chi connectivity index (χ4n) is 8.61. The first-order valence-corrected chi connectivity index (χ1v) is 20.8. The lowest BCUT2D eigenvalue weighted by molar-refractivity contribution is -0.141. The molecule has 1 N–H and O–H groups in total. The van der Waals surface area contributed by atoms with Crippen LogP contribution >= 0.6 is 0 Å². The van der Waals surface area contributed by atoms with Crippen molar-refractivity contribution in [2.24, 2.45) is 5.92 Å². The number of alkyl halides is 4. The van der Waals surface area contributed by atoms with Crippen LogP contribution in [0.2, 0.25) is 0 Å². The molecule has 0 spiro atoms. The number of ether oxygens (including phenoxy) is 1. The van der Waals surface area contributed by atoms with Gasteiger partial charge >= 0.3 is 6.18 Å². The van der Waals surface area contributed by atoms with E-state index < -0.39 is 39.2 Å². The zero-order valence-electron chi connectivity index (χ0n) is 31.9.